The van der Waals surface area contributed by atoms with E-state index in [2.05, 4.69) is 110 Å². The molecular weight excluding hydrogens is 362 g/mol. The Morgan fingerprint density at radius 3 is 1.40 bits per heavy atom. The Balaban J connectivity index is 1.84. The van der Waals surface area contributed by atoms with E-state index in [9.17, 15) is 0 Å². The van der Waals surface area contributed by atoms with Crippen LogP contribution in [0.1, 0.15) is 49.3 Å². The fourth-order valence-electron chi connectivity index (χ4n) is 4.37. The molecule has 0 aliphatic carbocycles. The minimum absolute atomic E-state index is 1.07. The van der Waals surface area contributed by atoms with Gasteiger partial charge in [0.2, 0.25) is 0 Å². The van der Waals surface area contributed by atoms with Crippen molar-refractivity contribution in [1.82, 2.24) is 0 Å². The fourth-order valence-corrected chi connectivity index (χ4v) is 4.37. The highest BCUT2D eigenvalue weighted by Crippen LogP contribution is 2.25. The first-order valence-corrected chi connectivity index (χ1v) is 11.4. The summed E-state index contributed by atoms with van der Waals surface area (Å²) in [4.78, 5) is 0. The minimum Gasteiger partial charge on any atom is -0.312 e. The van der Waals surface area contributed by atoms with Crippen LogP contribution in [0.2, 0.25) is 0 Å². The van der Waals surface area contributed by atoms with Crippen LogP contribution in [0.25, 0.3) is 0 Å². The molecule has 0 unspecified atom stereocenters. The molecule has 30 heavy (non-hydrogen) atoms. The van der Waals surface area contributed by atoms with E-state index in [1.807, 2.05) is 0 Å². The van der Waals surface area contributed by atoms with E-state index in [0.29, 0.717) is 0 Å². The van der Waals surface area contributed by atoms with Gasteiger partial charge in [-0.1, -0.05) is 103 Å². The highest BCUT2D eigenvalue weighted by atomic mass is 15.3. The normalized spacial score (nSPS) is 11.8. The molecule has 0 heterocycles. The maximum Gasteiger partial charge on any atom is 0.105 e. The molecule has 0 radical (unpaired) electrons. The summed E-state index contributed by atoms with van der Waals surface area (Å²) < 4.78 is 1.07. The lowest BCUT2D eigenvalue weighted by atomic mass is 10.0. The first-order valence-electron chi connectivity index (χ1n) is 11.4. The van der Waals surface area contributed by atoms with Gasteiger partial charge in [-0.2, -0.15) is 0 Å². The molecule has 156 valence electrons. The average Bonchev–Trinajstić information content (AvgIpc) is 2.78. The molecular formula is C29H36N+. The Morgan fingerprint density at radius 2 is 1.00 bits per heavy atom. The highest BCUT2D eigenvalue weighted by Gasteiger charge is 2.28. The zero-order chi connectivity index (χ0) is 20.9. The fraction of sp³-hybridized carbons (Fsp3) is 0.310. The molecule has 0 amide bonds. The summed E-state index contributed by atoms with van der Waals surface area (Å²) in [5.41, 5.74) is 4.29. The number of unbranched alkanes of at least 4 members (excludes halogenated alkanes) is 3. The third kappa shape index (κ3) is 7.31. The summed E-state index contributed by atoms with van der Waals surface area (Å²) in [6.45, 7) is 6.52. The number of benzene rings is 3. The van der Waals surface area contributed by atoms with Gasteiger partial charge in [0.1, 0.15) is 19.6 Å². The Labute approximate surface area is 183 Å². The van der Waals surface area contributed by atoms with Crippen molar-refractivity contribution in [2.75, 3.05) is 6.54 Å². The number of hydrogen-bond donors (Lipinski definition) is 0. The standard InChI is InChI=1S/C29H36N/c1-2-3-4-5-6-16-23-30(24-27-17-10-7-11-18-27,25-28-19-12-8-13-20-28)26-29-21-14-9-15-22-29/h2-3,7-15,17-22H,4-6,16,23-26H2,1H3/q+1/b3-2+. The van der Waals surface area contributed by atoms with Crippen LogP contribution in [0.3, 0.4) is 0 Å². The van der Waals surface area contributed by atoms with Gasteiger partial charge in [0.05, 0.1) is 6.54 Å². The Morgan fingerprint density at radius 1 is 0.567 bits per heavy atom. The van der Waals surface area contributed by atoms with Crippen molar-refractivity contribution >= 4 is 0 Å². The number of nitrogens with zero attached hydrogens (tertiary/aromatic N) is 1. The molecule has 0 aliphatic rings. The van der Waals surface area contributed by atoms with Gasteiger partial charge < -0.3 is 4.48 Å². The first-order chi connectivity index (χ1) is 14.8. The number of quaternary nitrogens is 1. The number of hydrogen-bond acceptors (Lipinski definition) is 0. The van der Waals surface area contributed by atoms with Crippen molar-refractivity contribution in [3.63, 3.8) is 0 Å². The first kappa shape index (κ1) is 22.1. The van der Waals surface area contributed by atoms with Crippen LogP contribution in [-0.2, 0) is 19.6 Å². The lowest BCUT2D eigenvalue weighted by Crippen LogP contribution is -2.46. The third-order valence-electron chi connectivity index (χ3n) is 5.82. The summed E-state index contributed by atoms with van der Waals surface area (Å²) in [7, 11) is 0. The van der Waals surface area contributed by atoms with E-state index in [0.717, 1.165) is 24.1 Å². The van der Waals surface area contributed by atoms with Gasteiger partial charge in [-0.3, -0.25) is 0 Å². The van der Waals surface area contributed by atoms with Crippen molar-refractivity contribution in [2.24, 2.45) is 0 Å². The molecule has 0 aliphatic heterocycles. The lowest BCUT2D eigenvalue weighted by molar-refractivity contribution is -0.966. The highest BCUT2D eigenvalue weighted by molar-refractivity contribution is 5.17. The van der Waals surface area contributed by atoms with Gasteiger partial charge in [-0.25, -0.2) is 0 Å². The van der Waals surface area contributed by atoms with Crippen molar-refractivity contribution in [2.45, 2.75) is 52.2 Å². The molecule has 0 spiro atoms. The molecule has 0 N–H and O–H groups in total. The summed E-state index contributed by atoms with van der Waals surface area (Å²) >= 11 is 0. The van der Waals surface area contributed by atoms with Crippen LogP contribution in [0, 0.1) is 0 Å². The summed E-state index contributed by atoms with van der Waals surface area (Å²) in [5.74, 6) is 0. The predicted molar refractivity (Wildman–Crippen MR) is 129 cm³/mol. The molecule has 0 saturated heterocycles. The Bertz CT molecular complexity index is 751. The molecule has 0 atom stereocenters. The number of rotatable bonds is 12. The molecule has 3 aromatic rings. The van der Waals surface area contributed by atoms with E-state index in [-0.39, 0.29) is 0 Å². The van der Waals surface area contributed by atoms with Crippen LogP contribution in [-0.4, -0.2) is 11.0 Å². The van der Waals surface area contributed by atoms with Crippen molar-refractivity contribution in [1.29, 1.82) is 0 Å². The SMILES string of the molecule is C/C=C/CCCCC[N+](Cc1ccccc1)(Cc1ccccc1)Cc1ccccc1. The Hall–Kier alpha value is -2.64. The average molecular weight is 399 g/mol. The molecule has 1 nitrogen and oxygen atoms in total. The second-order valence-corrected chi connectivity index (χ2v) is 8.41. The molecule has 0 aromatic heterocycles. The molecule has 1 heteroatoms. The van der Waals surface area contributed by atoms with E-state index in [1.54, 1.807) is 0 Å². The second kappa shape index (κ2) is 12.1. The van der Waals surface area contributed by atoms with Gasteiger partial charge in [0.15, 0.2) is 0 Å². The van der Waals surface area contributed by atoms with Crippen molar-refractivity contribution < 1.29 is 4.48 Å². The van der Waals surface area contributed by atoms with Crippen LogP contribution in [0.15, 0.2) is 103 Å². The van der Waals surface area contributed by atoms with E-state index in [1.165, 1.54) is 48.9 Å². The van der Waals surface area contributed by atoms with Crippen LogP contribution >= 0.6 is 0 Å². The Kier molecular flexibility index (Phi) is 8.93. The van der Waals surface area contributed by atoms with Crippen molar-refractivity contribution in [3.8, 4) is 0 Å². The van der Waals surface area contributed by atoms with Crippen LogP contribution in [0.4, 0.5) is 0 Å². The summed E-state index contributed by atoms with van der Waals surface area (Å²) in [6, 6.07) is 33.1. The van der Waals surface area contributed by atoms with Crippen molar-refractivity contribution in [3.05, 3.63) is 120 Å². The molecule has 0 bridgehead atoms. The van der Waals surface area contributed by atoms with Gasteiger partial charge in [0, 0.05) is 16.7 Å². The maximum atomic E-state index is 2.29. The summed E-state index contributed by atoms with van der Waals surface area (Å²) in [6.07, 6.45) is 9.51. The molecule has 0 fully saturated rings. The zero-order valence-corrected chi connectivity index (χ0v) is 18.4. The molecule has 3 rings (SSSR count). The van der Waals surface area contributed by atoms with Crippen LogP contribution < -0.4 is 0 Å². The van der Waals surface area contributed by atoms with Gasteiger partial charge >= 0.3 is 0 Å². The third-order valence-corrected chi connectivity index (χ3v) is 5.82. The smallest absolute Gasteiger partial charge is 0.105 e. The number of allylic oxidation sites excluding steroid dienone is 2. The maximum absolute atomic E-state index is 2.29. The largest absolute Gasteiger partial charge is 0.312 e. The zero-order valence-electron chi connectivity index (χ0n) is 18.4. The lowest BCUT2D eigenvalue weighted by Gasteiger charge is -2.39. The monoisotopic (exact) mass is 398 g/mol. The second-order valence-electron chi connectivity index (χ2n) is 8.41. The van der Waals surface area contributed by atoms with Crippen LogP contribution in [0.5, 0.6) is 0 Å². The molecule has 0 saturated carbocycles. The van der Waals surface area contributed by atoms with Gasteiger partial charge in [-0.05, 0) is 32.6 Å². The van der Waals surface area contributed by atoms with Gasteiger partial charge in [0.25, 0.3) is 0 Å². The summed E-state index contributed by atoms with van der Waals surface area (Å²) in [5, 5.41) is 0. The quantitative estimate of drug-likeness (QED) is 0.168. The van der Waals surface area contributed by atoms with E-state index >= 15 is 0 Å². The van der Waals surface area contributed by atoms with E-state index in [4.69, 9.17) is 0 Å². The van der Waals surface area contributed by atoms with E-state index < -0.39 is 0 Å². The predicted octanol–water partition coefficient (Wildman–Crippen LogP) is 7.54. The molecule has 3 aromatic carbocycles. The van der Waals surface area contributed by atoms with Gasteiger partial charge in [-0.15, -0.1) is 0 Å². The topological polar surface area (TPSA) is 0 Å². The minimum atomic E-state index is 1.07.